The van der Waals surface area contributed by atoms with Crippen molar-refractivity contribution in [1.82, 2.24) is 0 Å². The van der Waals surface area contributed by atoms with E-state index in [-0.39, 0.29) is 0 Å². The molecular weight excluding hydrogens is 228 g/mol. The molecule has 0 fully saturated rings. The number of unbranched alkanes of at least 4 members (excludes halogenated alkanes) is 8. The summed E-state index contributed by atoms with van der Waals surface area (Å²) in [5.41, 5.74) is 3.12. The molecular formula is C19H32. The predicted molar refractivity (Wildman–Crippen MR) is 86.8 cm³/mol. The average molecular weight is 260 g/mol. The van der Waals surface area contributed by atoms with Gasteiger partial charge >= 0.3 is 0 Å². The van der Waals surface area contributed by atoms with Crippen molar-refractivity contribution in [1.29, 1.82) is 0 Å². The summed E-state index contributed by atoms with van der Waals surface area (Å²) in [6.45, 7) is 4.54. The summed E-state index contributed by atoms with van der Waals surface area (Å²) in [6.07, 6.45) is 15.2. The fourth-order valence-electron chi connectivity index (χ4n) is 2.77. The van der Waals surface area contributed by atoms with E-state index in [9.17, 15) is 0 Å². The van der Waals surface area contributed by atoms with Crippen molar-refractivity contribution in [3.63, 3.8) is 0 Å². The van der Waals surface area contributed by atoms with Gasteiger partial charge in [0.1, 0.15) is 0 Å². The zero-order valence-electron chi connectivity index (χ0n) is 13.1. The van der Waals surface area contributed by atoms with Crippen LogP contribution in [0.1, 0.15) is 82.8 Å². The normalized spacial score (nSPS) is 10.8. The van der Waals surface area contributed by atoms with Crippen molar-refractivity contribution in [3.8, 4) is 0 Å². The Hall–Kier alpha value is -0.780. The van der Waals surface area contributed by atoms with Crippen LogP contribution in [0.5, 0.6) is 0 Å². The lowest BCUT2D eigenvalue weighted by atomic mass is 9.99. The largest absolute Gasteiger partial charge is 0.0654 e. The Bertz CT molecular complexity index is 314. The smallest absolute Gasteiger partial charge is 0.0276 e. The molecule has 0 radical (unpaired) electrons. The summed E-state index contributed by atoms with van der Waals surface area (Å²) in [5.74, 6) is 0. The molecule has 0 saturated heterocycles. The predicted octanol–water partition coefficient (Wildman–Crippen LogP) is 6.32. The van der Waals surface area contributed by atoms with Crippen LogP contribution in [0, 0.1) is 0 Å². The third kappa shape index (κ3) is 7.40. The topological polar surface area (TPSA) is 0 Å². The third-order valence-corrected chi connectivity index (χ3v) is 4.05. The maximum absolute atomic E-state index is 2.31. The lowest BCUT2D eigenvalue weighted by Crippen LogP contribution is -1.92. The first-order chi connectivity index (χ1) is 9.38. The fourth-order valence-corrected chi connectivity index (χ4v) is 2.77. The molecule has 0 heteroatoms. The number of hydrogen-bond acceptors (Lipinski definition) is 0. The van der Waals surface area contributed by atoms with Gasteiger partial charge in [-0.25, -0.2) is 0 Å². The van der Waals surface area contributed by atoms with Crippen molar-refractivity contribution < 1.29 is 0 Å². The molecule has 0 saturated carbocycles. The maximum Gasteiger partial charge on any atom is -0.0276 e. The Morgan fingerprint density at radius 3 is 1.74 bits per heavy atom. The van der Waals surface area contributed by atoms with Crippen LogP contribution in [-0.2, 0) is 12.8 Å². The van der Waals surface area contributed by atoms with Crippen LogP contribution in [-0.4, -0.2) is 0 Å². The quantitative estimate of drug-likeness (QED) is 0.408. The molecule has 0 unspecified atom stereocenters. The highest BCUT2D eigenvalue weighted by Gasteiger charge is 1.99. The van der Waals surface area contributed by atoms with E-state index in [0.29, 0.717) is 0 Å². The van der Waals surface area contributed by atoms with Gasteiger partial charge in [0.15, 0.2) is 0 Å². The molecule has 108 valence electrons. The van der Waals surface area contributed by atoms with Crippen LogP contribution in [0.2, 0.25) is 0 Å². The molecule has 1 aromatic rings. The number of hydrogen-bond donors (Lipinski definition) is 0. The highest BCUT2D eigenvalue weighted by atomic mass is 14.0. The highest BCUT2D eigenvalue weighted by molar-refractivity contribution is 5.26. The van der Waals surface area contributed by atoms with E-state index in [1.54, 1.807) is 11.1 Å². The van der Waals surface area contributed by atoms with E-state index in [0.717, 1.165) is 0 Å². The summed E-state index contributed by atoms with van der Waals surface area (Å²) in [5, 5.41) is 0. The van der Waals surface area contributed by atoms with Crippen LogP contribution in [0.3, 0.4) is 0 Å². The van der Waals surface area contributed by atoms with Gasteiger partial charge in [-0.3, -0.25) is 0 Å². The second-order valence-corrected chi connectivity index (χ2v) is 5.70. The number of rotatable bonds is 11. The minimum absolute atomic E-state index is 1.17. The molecule has 0 amide bonds. The SMILES string of the molecule is CCCCCCCCCCCc1ccccc1CC. The zero-order chi connectivity index (χ0) is 13.8. The first kappa shape index (κ1) is 16.3. The zero-order valence-corrected chi connectivity index (χ0v) is 13.1. The molecule has 0 aliphatic rings. The van der Waals surface area contributed by atoms with E-state index in [1.807, 2.05) is 0 Å². The molecule has 0 spiro atoms. The molecule has 0 aromatic heterocycles. The Morgan fingerprint density at radius 1 is 0.632 bits per heavy atom. The summed E-state index contributed by atoms with van der Waals surface area (Å²) in [4.78, 5) is 0. The van der Waals surface area contributed by atoms with Gasteiger partial charge in [0.25, 0.3) is 0 Å². The Labute approximate surface area is 120 Å². The monoisotopic (exact) mass is 260 g/mol. The highest BCUT2D eigenvalue weighted by Crippen LogP contribution is 2.15. The summed E-state index contributed by atoms with van der Waals surface area (Å²) in [7, 11) is 0. The van der Waals surface area contributed by atoms with Gasteiger partial charge < -0.3 is 0 Å². The second kappa shape index (κ2) is 11.1. The van der Waals surface area contributed by atoms with Crippen LogP contribution in [0.25, 0.3) is 0 Å². The Kier molecular flexibility index (Phi) is 9.49. The van der Waals surface area contributed by atoms with Gasteiger partial charge in [-0.2, -0.15) is 0 Å². The number of aryl methyl sites for hydroxylation is 2. The van der Waals surface area contributed by atoms with Gasteiger partial charge in [0.2, 0.25) is 0 Å². The molecule has 1 rings (SSSR count). The van der Waals surface area contributed by atoms with E-state index in [4.69, 9.17) is 0 Å². The van der Waals surface area contributed by atoms with E-state index >= 15 is 0 Å². The van der Waals surface area contributed by atoms with E-state index < -0.39 is 0 Å². The lowest BCUT2D eigenvalue weighted by molar-refractivity contribution is 0.564. The molecule has 0 atom stereocenters. The van der Waals surface area contributed by atoms with Crippen LogP contribution >= 0.6 is 0 Å². The average Bonchev–Trinajstić information content (AvgIpc) is 2.46. The minimum Gasteiger partial charge on any atom is -0.0654 e. The molecule has 0 N–H and O–H groups in total. The van der Waals surface area contributed by atoms with Crippen molar-refractivity contribution in [3.05, 3.63) is 35.4 Å². The second-order valence-electron chi connectivity index (χ2n) is 5.70. The van der Waals surface area contributed by atoms with Crippen LogP contribution in [0.15, 0.2) is 24.3 Å². The van der Waals surface area contributed by atoms with Gasteiger partial charge in [0, 0.05) is 0 Å². The molecule has 1 aromatic carbocycles. The van der Waals surface area contributed by atoms with E-state index in [2.05, 4.69) is 38.1 Å². The molecule has 0 bridgehead atoms. The number of benzene rings is 1. The Morgan fingerprint density at radius 2 is 1.16 bits per heavy atom. The first-order valence-electron chi connectivity index (χ1n) is 8.45. The molecule has 0 aliphatic carbocycles. The minimum atomic E-state index is 1.17. The summed E-state index contributed by atoms with van der Waals surface area (Å²) < 4.78 is 0. The molecule has 0 nitrogen and oxygen atoms in total. The standard InChI is InChI=1S/C19H32/c1-3-5-6-7-8-9-10-11-12-16-19-17-14-13-15-18(19)4-2/h13-15,17H,3-12,16H2,1-2H3. The van der Waals surface area contributed by atoms with Crippen molar-refractivity contribution in [2.75, 3.05) is 0 Å². The van der Waals surface area contributed by atoms with Gasteiger partial charge in [0.05, 0.1) is 0 Å². The Balaban J connectivity index is 2.01. The summed E-state index contributed by atoms with van der Waals surface area (Å²) in [6, 6.07) is 8.94. The maximum atomic E-state index is 2.31. The summed E-state index contributed by atoms with van der Waals surface area (Å²) >= 11 is 0. The molecule has 19 heavy (non-hydrogen) atoms. The fraction of sp³-hybridized carbons (Fsp3) is 0.684. The molecule has 0 heterocycles. The van der Waals surface area contributed by atoms with Gasteiger partial charge in [-0.15, -0.1) is 0 Å². The van der Waals surface area contributed by atoms with Crippen LogP contribution < -0.4 is 0 Å². The first-order valence-corrected chi connectivity index (χ1v) is 8.45. The third-order valence-electron chi connectivity index (χ3n) is 4.05. The molecule has 0 aliphatic heterocycles. The van der Waals surface area contributed by atoms with Gasteiger partial charge in [-0.05, 0) is 30.4 Å². The van der Waals surface area contributed by atoms with Crippen molar-refractivity contribution in [2.24, 2.45) is 0 Å². The van der Waals surface area contributed by atoms with Crippen LogP contribution in [0.4, 0.5) is 0 Å². The van der Waals surface area contributed by atoms with E-state index in [1.165, 1.54) is 70.6 Å². The van der Waals surface area contributed by atoms with Crippen molar-refractivity contribution in [2.45, 2.75) is 84.5 Å². The van der Waals surface area contributed by atoms with Crippen molar-refractivity contribution >= 4 is 0 Å². The van der Waals surface area contributed by atoms with Gasteiger partial charge in [-0.1, -0.05) is 89.5 Å². The lowest BCUT2D eigenvalue weighted by Gasteiger charge is -2.07.